The molecule has 0 bridgehead atoms. The fourth-order valence-corrected chi connectivity index (χ4v) is 4.01. The van der Waals surface area contributed by atoms with E-state index in [4.69, 9.17) is 14.2 Å². The van der Waals surface area contributed by atoms with Crippen LogP contribution in [0.5, 0.6) is 17.2 Å². The van der Waals surface area contributed by atoms with Crippen molar-refractivity contribution >= 4 is 10.8 Å². The van der Waals surface area contributed by atoms with E-state index in [2.05, 4.69) is 16.0 Å². The Morgan fingerprint density at radius 3 is 2.83 bits per heavy atom. The van der Waals surface area contributed by atoms with Crippen LogP contribution in [0, 0.1) is 0 Å². The number of piperidine rings is 1. The largest absolute Gasteiger partial charge is 0.488 e. The Kier molecular flexibility index (Phi) is 4.96. The molecule has 2 atom stereocenters. The van der Waals surface area contributed by atoms with Crippen molar-refractivity contribution in [1.29, 1.82) is 0 Å². The molecular weight excluding hydrogens is 368 g/mol. The second-order valence-corrected chi connectivity index (χ2v) is 7.61. The molecule has 6 heteroatoms. The summed E-state index contributed by atoms with van der Waals surface area (Å²) in [5, 5.41) is 12.8. The Labute approximate surface area is 169 Å². The van der Waals surface area contributed by atoms with Crippen LogP contribution in [0.25, 0.3) is 10.8 Å². The van der Waals surface area contributed by atoms with Crippen molar-refractivity contribution in [3.63, 3.8) is 0 Å². The van der Waals surface area contributed by atoms with Crippen LogP contribution in [-0.4, -0.2) is 53.5 Å². The van der Waals surface area contributed by atoms with Crippen LogP contribution in [0.1, 0.15) is 12.0 Å². The molecule has 5 rings (SSSR count). The lowest BCUT2D eigenvalue weighted by atomic mass is 10.0. The zero-order chi connectivity index (χ0) is 19.6. The number of aromatic nitrogens is 1. The highest BCUT2D eigenvalue weighted by molar-refractivity contribution is 5.82. The molecule has 0 spiro atoms. The highest BCUT2D eigenvalue weighted by Crippen LogP contribution is 2.31. The van der Waals surface area contributed by atoms with Gasteiger partial charge in [0.05, 0.1) is 0 Å². The average Bonchev–Trinajstić information content (AvgIpc) is 2.75. The van der Waals surface area contributed by atoms with E-state index in [0.717, 1.165) is 53.1 Å². The molecule has 3 heterocycles. The van der Waals surface area contributed by atoms with Crippen LogP contribution < -0.4 is 14.2 Å². The highest BCUT2D eigenvalue weighted by atomic mass is 16.6. The van der Waals surface area contributed by atoms with E-state index in [-0.39, 0.29) is 6.10 Å². The number of aliphatic hydroxyl groups excluding tert-OH is 1. The van der Waals surface area contributed by atoms with Crippen molar-refractivity contribution in [3.05, 3.63) is 60.4 Å². The summed E-state index contributed by atoms with van der Waals surface area (Å²) in [5.41, 5.74) is 1.16. The van der Waals surface area contributed by atoms with Gasteiger partial charge in [-0.15, -0.1) is 0 Å². The Morgan fingerprint density at radius 2 is 1.93 bits per heavy atom. The summed E-state index contributed by atoms with van der Waals surface area (Å²) in [6, 6.07) is 14.0. The third-order valence-electron chi connectivity index (χ3n) is 5.52. The number of ether oxygens (including phenoxy) is 3. The van der Waals surface area contributed by atoms with Crippen molar-refractivity contribution in [3.8, 4) is 17.2 Å². The molecule has 3 aromatic rings. The minimum absolute atomic E-state index is 0.208. The molecule has 0 amide bonds. The number of hydrogen-bond acceptors (Lipinski definition) is 6. The fraction of sp³-hybridized carbons (Fsp3) is 0.348. The minimum atomic E-state index is -0.537. The van der Waals surface area contributed by atoms with E-state index >= 15 is 0 Å². The summed E-state index contributed by atoms with van der Waals surface area (Å²) in [5.74, 6) is 2.38. The number of likely N-dealkylation sites (tertiary alicyclic amines) is 1. The SMILES string of the molecule is O[C@@H]1CN(Cc2ccc3c(c2)OCCO3)CC[C@H]1Oc1ccc2ccncc2c1. The molecule has 0 saturated carbocycles. The maximum Gasteiger partial charge on any atom is 0.161 e. The van der Waals surface area contributed by atoms with Gasteiger partial charge in [0.25, 0.3) is 0 Å². The summed E-state index contributed by atoms with van der Waals surface area (Å²) < 4.78 is 17.4. The number of aliphatic hydroxyl groups is 1. The van der Waals surface area contributed by atoms with Gasteiger partial charge in [0, 0.05) is 37.4 Å². The molecule has 6 nitrogen and oxygen atoms in total. The number of pyridine rings is 1. The fourth-order valence-electron chi connectivity index (χ4n) is 4.01. The van der Waals surface area contributed by atoms with Crippen LogP contribution >= 0.6 is 0 Å². The normalized spacial score (nSPS) is 21.8. The van der Waals surface area contributed by atoms with Gasteiger partial charge in [-0.3, -0.25) is 9.88 Å². The van der Waals surface area contributed by atoms with Crippen LogP contribution in [-0.2, 0) is 6.54 Å². The molecule has 1 aromatic heterocycles. The molecule has 1 saturated heterocycles. The zero-order valence-electron chi connectivity index (χ0n) is 16.2. The zero-order valence-corrected chi connectivity index (χ0v) is 16.2. The maximum absolute atomic E-state index is 10.7. The molecule has 29 heavy (non-hydrogen) atoms. The minimum Gasteiger partial charge on any atom is -0.488 e. The van der Waals surface area contributed by atoms with E-state index < -0.39 is 6.10 Å². The maximum atomic E-state index is 10.7. The highest BCUT2D eigenvalue weighted by Gasteiger charge is 2.29. The van der Waals surface area contributed by atoms with Gasteiger partial charge < -0.3 is 19.3 Å². The van der Waals surface area contributed by atoms with Crippen molar-refractivity contribution in [2.45, 2.75) is 25.2 Å². The molecule has 0 radical (unpaired) electrons. The molecule has 150 valence electrons. The summed E-state index contributed by atoms with van der Waals surface area (Å²) in [7, 11) is 0. The smallest absolute Gasteiger partial charge is 0.161 e. The van der Waals surface area contributed by atoms with Crippen molar-refractivity contribution in [1.82, 2.24) is 9.88 Å². The first-order chi connectivity index (χ1) is 14.2. The standard InChI is InChI=1S/C23H24N2O4/c26-20-15-25(14-16-1-4-22-23(11-16)28-10-9-27-22)8-6-21(20)29-19-3-2-17-5-7-24-13-18(17)12-19/h1-5,7,11-13,20-21,26H,6,8-10,14-15H2/t20-,21-/m1/s1. The summed E-state index contributed by atoms with van der Waals surface area (Å²) in [4.78, 5) is 6.41. The predicted molar refractivity (Wildman–Crippen MR) is 109 cm³/mol. The molecule has 1 N–H and O–H groups in total. The van der Waals surface area contributed by atoms with Gasteiger partial charge in [-0.25, -0.2) is 0 Å². The third-order valence-corrected chi connectivity index (χ3v) is 5.52. The number of hydrogen-bond donors (Lipinski definition) is 1. The lowest BCUT2D eigenvalue weighted by molar-refractivity contribution is -0.0274. The Bertz CT molecular complexity index is 1010. The van der Waals surface area contributed by atoms with Gasteiger partial charge in [-0.1, -0.05) is 12.1 Å². The van der Waals surface area contributed by atoms with E-state index in [0.29, 0.717) is 19.8 Å². The Balaban J connectivity index is 1.21. The monoisotopic (exact) mass is 392 g/mol. The Hall–Kier alpha value is -2.83. The number of β-amino-alcohol motifs (C(OH)–C–C–N with tert-alkyl or cyclic N) is 1. The molecule has 0 unspecified atom stereocenters. The van der Waals surface area contributed by atoms with Gasteiger partial charge in [-0.05, 0) is 47.7 Å². The summed E-state index contributed by atoms with van der Waals surface area (Å²) >= 11 is 0. The number of fused-ring (bicyclic) bond motifs is 2. The first-order valence-electron chi connectivity index (χ1n) is 10.0. The Morgan fingerprint density at radius 1 is 1.03 bits per heavy atom. The third kappa shape index (κ3) is 3.99. The number of nitrogens with zero attached hydrogens (tertiary/aromatic N) is 2. The van der Waals surface area contributed by atoms with Gasteiger partial charge >= 0.3 is 0 Å². The quantitative estimate of drug-likeness (QED) is 0.736. The first kappa shape index (κ1) is 18.2. The first-order valence-corrected chi connectivity index (χ1v) is 10.0. The lowest BCUT2D eigenvalue weighted by Gasteiger charge is -2.36. The number of rotatable bonds is 4. The number of benzene rings is 2. The molecule has 2 aromatic carbocycles. The molecule has 2 aliphatic heterocycles. The van der Waals surface area contributed by atoms with Crippen molar-refractivity contribution in [2.24, 2.45) is 0 Å². The van der Waals surface area contributed by atoms with Crippen LogP contribution in [0.2, 0.25) is 0 Å². The summed E-state index contributed by atoms with van der Waals surface area (Å²) in [6.07, 6.45) is 3.64. The van der Waals surface area contributed by atoms with Gasteiger partial charge in [0.1, 0.15) is 31.2 Å². The van der Waals surface area contributed by atoms with Gasteiger partial charge in [-0.2, -0.15) is 0 Å². The van der Waals surface area contributed by atoms with Gasteiger partial charge in [0.2, 0.25) is 0 Å². The van der Waals surface area contributed by atoms with Crippen LogP contribution in [0.15, 0.2) is 54.9 Å². The second-order valence-electron chi connectivity index (χ2n) is 7.61. The molecule has 1 fully saturated rings. The molecule has 2 aliphatic rings. The van der Waals surface area contributed by atoms with E-state index in [1.807, 2.05) is 42.6 Å². The lowest BCUT2D eigenvalue weighted by Crippen LogP contribution is -2.48. The summed E-state index contributed by atoms with van der Waals surface area (Å²) in [6.45, 7) is 3.39. The van der Waals surface area contributed by atoms with Crippen LogP contribution in [0.4, 0.5) is 0 Å². The van der Waals surface area contributed by atoms with Crippen molar-refractivity contribution < 1.29 is 19.3 Å². The topological polar surface area (TPSA) is 64.1 Å². The average molecular weight is 392 g/mol. The predicted octanol–water partition coefficient (Wildman–Crippen LogP) is 3.02. The molecular formula is C23H24N2O4. The van der Waals surface area contributed by atoms with Crippen molar-refractivity contribution in [2.75, 3.05) is 26.3 Å². The van der Waals surface area contributed by atoms with E-state index in [9.17, 15) is 5.11 Å². The van der Waals surface area contributed by atoms with Gasteiger partial charge in [0.15, 0.2) is 11.5 Å². The van der Waals surface area contributed by atoms with E-state index in [1.165, 1.54) is 0 Å². The van der Waals surface area contributed by atoms with Crippen LogP contribution in [0.3, 0.4) is 0 Å². The second kappa shape index (κ2) is 7.89. The molecule has 0 aliphatic carbocycles. The van der Waals surface area contributed by atoms with E-state index in [1.54, 1.807) is 6.20 Å².